The first kappa shape index (κ1) is 14.9. The lowest BCUT2D eigenvalue weighted by atomic mass is 9.89. The van der Waals surface area contributed by atoms with Crippen molar-refractivity contribution in [2.75, 3.05) is 20.1 Å². The highest BCUT2D eigenvalue weighted by atomic mass is 79.9. The molecule has 0 unspecified atom stereocenters. The number of likely N-dealkylation sites (tertiary alicyclic amines) is 1. The quantitative estimate of drug-likeness (QED) is 0.899. The Hall–Kier alpha value is -1.45. The predicted octanol–water partition coefficient (Wildman–Crippen LogP) is 2.31. The summed E-state index contributed by atoms with van der Waals surface area (Å²) < 4.78 is 14.1. The van der Waals surface area contributed by atoms with Crippen molar-refractivity contribution in [2.24, 2.45) is 0 Å². The maximum Gasteiger partial charge on any atom is 0.255 e. The molecule has 20 heavy (non-hydrogen) atoms. The van der Waals surface area contributed by atoms with Crippen LogP contribution < -0.4 is 5.32 Å². The van der Waals surface area contributed by atoms with E-state index in [0.717, 1.165) is 13.1 Å². The summed E-state index contributed by atoms with van der Waals surface area (Å²) in [5.41, 5.74) is -0.953. The minimum atomic E-state index is -0.904. The fraction of sp³-hybridized carbons (Fsp3) is 0.429. The maximum atomic E-state index is 13.9. The van der Waals surface area contributed by atoms with Gasteiger partial charge in [-0.15, -0.1) is 0 Å². The van der Waals surface area contributed by atoms with Crippen LogP contribution >= 0.6 is 15.9 Å². The van der Waals surface area contributed by atoms with Gasteiger partial charge in [-0.1, -0.05) is 6.07 Å². The lowest BCUT2D eigenvalue weighted by Crippen LogP contribution is -2.53. The molecule has 0 atom stereocenters. The molecule has 1 aromatic carbocycles. The summed E-state index contributed by atoms with van der Waals surface area (Å²) in [6.07, 6.45) is 1.09. The van der Waals surface area contributed by atoms with Gasteiger partial charge in [-0.05, 0) is 48.0 Å². The molecular formula is C14H15BrFN3O. The molecule has 1 saturated heterocycles. The zero-order valence-corrected chi connectivity index (χ0v) is 12.7. The second-order valence-corrected chi connectivity index (χ2v) is 5.91. The van der Waals surface area contributed by atoms with Crippen LogP contribution in [0.5, 0.6) is 0 Å². The molecule has 0 saturated carbocycles. The molecule has 1 heterocycles. The normalized spacial score (nSPS) is 18.3. The van der Waals surface area contributed by atoms with Crippen LogP contribution in [0, 0.1) is 17.1 Å². The Morgan fingerprint density at radius 2 is 2.15 bits per heavy atom. The van der Waals surface area contributed by atoms with E-state index in [9.17, 15) is 14.4 Å². The van der Waals surface area contributed by atoms with Crippen molar-refractivity contribution in [1.29, 1.82) is 5.26 Å². The second kappa shape index (κ2) is 5.90. The van der Waals surface area contributed by atoms with Gasteiger partial charge in [0.05, 0.1) is 16.1 Å². The summed E-state index contributed by atoms with van der Waals surface area (Å²) in [5.74, 6) is -1.15. The lowest BCUT2D eigenvalue weighted by Gasteiger charge is -2.36. The van der Waals surface area contributed by atoms with Crippen molar-refractivity contribution in [1.82, 2.24) is 10.2 Å². The molecule has 6 heteroatoms. The summed E-state index contributed by atoms with van der Waals surface area (Å²) in [5, 5.41) is 12.1. The van der Waals surface area contributed by atoms with E-state index in [1.54, 1.807) is 6.07 Å². The van der Waals surface area contributed by atoms with E-state index in [-0.39, 0.29) is 10.0 Å². The zero-order valence-electron chi connectivity index (χ0n) is 11.1. The lowest BCUT2D eigenvalue weighted by molar-refractivity contribution is 0.0877. The molecule has 1 amide bonds. The Labute approximate surface area is 125 Å². The van der Waals surface area contributed by atoms with Crippen LogP contribution in [0.4, 0.5) is 4.39 Å². The maximum absolute atomic E-state index is 13.9. The first-order chi connectivity index (χ1) is 9.47. The van der Waals surface area contributed by atoms with Gasteiger partial charge in [0.15, 0.2) is 0 Å². The monoisotopic (exact) mass is 339 g/mol. The number of amides is 1. The molecule has 1 N–H and O–H groups in total. The standard InChI is InChI=1S/C14H15BrFN3O/c1-19-7-5-14(9-17,6-8-19)18-13(20)10-3-2-4-11(15)12(10)16/h2-4H,5-8H2,1H3,(H,18,20). The number of halogens is 2. The topological polar surface area (TPSA) is 56.1 Å². The Kier molecular flexibility index (Phi) is 4.41. The molecule has 1 aliphatic heterocycles. The highest BCUT2D eigenvalue weighted by Crippen LogP contribution is 2.23. The number of carbonyl (C=O) groups excluding carboxylic acids is 1. The Balaban J connectivity index is 2.18. The molecule has 1 aliphatic rings. The van der Waals surface area contributed by atoms with Crippen molar-refractivity contribution in [2.45, 2.75) is 18.4 Å². The molecule has 2 rings (SSSR count). The molecular weight excluding hydrogens is 325 g/mol. The molecule has 0 radical (unpaired) electrons. The molecule has 106 valence electrons. The minimum absolute atomic E-state index is 0.0482. The molecule has 4 nitrogen and oxygen atoms in total. The summed E-state index contributed by atoms with van der Waals surface area (Å²) in [4.78, 5) is 14.3. The SMILES string of the molecule is CN1CCC(C#N)(NC(=O)c2cccc(Br)c2F)CC1. The number of nitrogens with one attached hydrogen (secondary N) is 1. The van der Waals surface area contributed by atoms with Crippen LogP contribution in [-0.2, 0) is 0 Å². The van der Waals surface area contributed by atoms with E-state index >= 15 is 0 Å². The van der Waals surface area contributed by atoms with Crippen LogP contribution in [0.25, 0.3) is 0 Å². The largest absolute Gasteiger partial charge is 0.334 e. The zero-order chi connectivity index (χ0) is 14.8. The van der Waals surface area contributed by atoms with Gasteiger partial charge < -0.3 is 10.2 Å². The highest BCUT2D eigenvalue weighted by molar-refractivity contribution is 9.10. The fourth-order valence-electron chi connectivity index (χ4n) is 2.23. The van der Waals surface area contributed by atoms with Gasteiger partial charge in [0.2, 0.25) is 0 Å². The van der Waals surface area contributed by atoms with Crippen molar-refractivity contribution >= 4 is 21.8 Å². The van der Waals surface area contributed by atoms with Gasteiger partial charge >= 0.3 is 0 Å². The first-order valence-electron chi connectivity index (χ1n) is 6.34. The van der Waals surface area contributed by atoms with Crippen molar-refractivity contribution < 1.29 is 9.18 Å². The molecule has 1 aromatic rings. The Morgan fingerprint density at radius 1 is 1.50 bits per heavy atom. The third-order valence-corrected chi connectivity index (χ3v) is 4.22. The molecule has 0 aromatic heterocycles. The summed E-state index contributed by atoms with van der Waals surface area (Å²) in [6, 6.07) is 6.71. The van der Waals surface area contributed by atoms with Gasteiger partial charge in [0.25, 0.3) is 5.91 Å². The van der Waals surface area contributed by atoms with Crippen LogP contribution in [0.15, 0.2) is 22.7 Å². The smallest absolute Gasteiger partial charge is 0.255 e. The molecule has 1 fully saturated rings. The van der Waals surface area contributed by atoms with Crippen LogP contribution in [0.1, 0.15) is 23.2 Å². The minimum Gasteiger partial charge on any atom is -0.334 e. The van der Waals surface area contributed by atoms with Gasteiger partial charge in [-0.3, -0.25) is 4.79 Å². The van der Waals surface area contributed by atoms with Gasteiger partial charge in [-0.2, -0.15) is 5.26 Å². The van der Waals surface area contributed by atoms with Crippen LogP contribution in [0.2, 0.25) is 0 Å². The summed E-state index contributed by atoms with van der Waals surface area (Å²) in [7, 11) is 1.97. The predicted molar refractivity (Wildman–Crippen MR) is 76.6 cm³/mol. The van der Waals surface area contributed by atoms with E-state index in [2.05, 4.69) is 32.2 Å². The number of nitrogens with zero attached hydrogens (tertiary/aromatic N) is 2. The van der Waals surface area contributed by atoms with Gasteiger partial charge in [-0.25, -0.2) is 4.39 Å². The first-order valence-corrected chi connectivity index (χ1v) is 7.13. The third-order valence-electron chi connectivity index (χ3n) is 3.60. The number of nitriles is 1. The fourth-order valence-corrected chi connectivity index (χ4v) is 2.60. The number of piperidine rings is 1. The highest BCUT2D eigenvalue weighted by Gasteiger charge is 2.36. The molecule has 0 bridgehead atoms. The van der Waals surface area contributed by atoms with Crippen molar-refractivity contribution in [3.8, 4) is 6.07 Å². The van der Waals surface area contributed by atoms with Gasteiger partial charge in [0.1, 0.15) is 11.4 Å². The van der Waals surface area contributed by atoms with Crippen LogP contribution in [-0.4, -0.2) is 36.5 Å². The van der Waals surface area contributed by atoms with E-state index in [1.807, 2.05) is 7.05 Å². The summed E-state index contributed by atoms with van der Waals surface area (Å²) in [6.45, 7) is 1.46. The summed E-state index contributed by atoms with van der Waals surface area (Å²) >= 11 is 3.05. The van der Waals surface area contributed by atoms with Crippen LogP contribution in [0.3, 0.4) is 0 Å². The average Bonchev–Trinajstić information content (AvgIpc) is 2.44. The van der Waals surface area contributed by atoms with Crippen molar-refractivity contribution in [3.05, 3.63) is 34.1 Å². The average molecular weight is 340 g/mol. The number of hydrogen-bond acceptors (Lipinski definition) is 3. The molecule has 0 aliphatic carbocycles. The third kappa shape index (κ3) is 3.00. The van der Waals surface area contributed by atoms with E-state index in [0.29, 0.717) is 12.8 Å². The van der Waals surface area contributed by atoms with E-state index in [4.69, 9.17) is 0 Å². The number of carbonyl (C=O) groups is 1. The second-order valence-electron chi connectivity index (χ2n) is 5.05. The molecule has 0 spiro atoms. The number of hydrogen-bond donors (Lipinski definition) is 1. The van der Waals surface area contributed by atoms with Gasteiger partial charge in [0, 0.05) is 13.1 Å². The Bertz CT molecular complexity index is 562. The van der Waals surface area contributed by atoms with E-state index < -0.39 is 17.3 Å². The number of rotatable bonds is 2. The van der Waals surface area contributed by atoms with E-state index in [1.165, 1.54) is 12.1 Å². The Morgan fingerprint density at radius 3 is 2.75 bits per heavy atom. The van der Waals surface area contributed by atoms with Crippen molar-refractivity contribution in [3.63, 3.8) is 0 Å². The number of benzene rings is 1.